The molecule has 8 nitrogen and oxygen atoms in total. The Balaban J connectivity index is 1.42. The zero-order valence-electron chi connectivity index (χ0n) is 18.3. The van der Waals surface area contributed by atoms with E-state index in [1.165, 1.54) is 0 Å². The highest BCUT2D eigenvalue weighted by atomic mass is 16.5. The second-order valence-corrected chi connectivity index (χ2v) is 8.49. The molecule has 170 valence electrons. The van der Waals surface area contributed by atoms with Crippen molar-refractivity contribution in [3.63, 3.8) is 0 Å². The standard InChI is InChI=1S/C23H33N3O5/c1-29-20-4-2-3-19(15-20)23(28)25(8-7-24-9-12-30-13-10-24)16-21-17-26(11-14-31-21)22(27)18-5-6-18/h2-4,15,18,21H,5-14,16-17H2,1H3/t21-/m0/s1. The Morgan fingerprint density at radius 1 is 1.16 bits per heavy atom. The van der Waals surface area contributed by atoms with Crippen molar-refractivity contribution in [3.05, 3.63) is 29.8 Å². The van der Waals surface area contributed by atoms with Crippen LogP contribution in [0.3, 0.4) is 0 Å². The Bertz CT molecular complexity index is 763. The number of hydrogen-bond acceptors (Lipinski definition) is 6. The summed E-state index contributed by atoms with van der Waals surface area (Å²) in [5.41, 5.74) is 0.600. The van der Waals surface area contributed by atoms with Gasteiger partial charge in [0, 0.05) is 57.3 Å². The van der Waals surface area contributed by atoms with Crippen molar-refractivity contribution < 1.29 is 23.8 Å². The smallest absolute Gasteiger partial charge is 0.254 e. The van der Waals surface area contributed by atoms with Crippen LogP contribution >= 0.6 is 0 Å². The first-order valence-corrected chi connectivity index (χ1v) is 11.3. The van der Waals surface area contributed by atoms with E-state index in [0.29, 0.717) is 44.1 Å². The lowest BCUT2D eigenvalue weighted by Gasteiger charge is -2.37. The molecular formula is C23H33N3O5. The van der Waals surface area contributed by atoms with Gasteiger partial charge in [-0.15, -0.1) is 0 Å². The van der Waals surface area contributed by atoms with Crippen LogP contribution in [0, 0.1) is 5.92 Å². The van der Waals surface area contributed by atoms with E-state index < -0.39 is 0 Å². The maximum absolute atomic E-state index is 13.4. The molecule has 31 heavy (non-hydrogen) atoms. The Kier molecular flexibility index (Phi) is 7.42. The molecule has 3 fully saturated rings. The molecule has 3 aliphatic rings. The molecule has 1 aromatic carbocycles. The summed E-state index contributed by atoms with van der Waals surface area (Å²) in [5, 5.41) is 0. The van der Waals surface area contributed by atoms with Gasteiger partial charge in [0.2, 0.25) is 5.91 Å². The molecule has 1 atom stereocenters. The highest BCUT2D eigenvalue weighted by molar-refractivity contribution is 5.94. The van der Waals surface area contributed by atoms with Gasteiger partial charge in [0.25, 0.3) is 5.91 Å². The number of benzene rings is 1. The summed E-state index contributed by atoms with van der Waals surface area (Å²) in [6, 6.07) is 7.26. The summed E-state index contributed by atoms with van der Waals surface area (Å²) < 4.78 is 16.7. The number of hydrogen-bond donors (Lipinski definition) is 0. The van der Waals surface area contributed by atoms with Crippen LogP contribution in [-0.2, 0) is 14.3 Å². The van der Waals surface area contributed by atoms with E-state index in [2.05, 4.69) is 4.90 Å². The minimum Gasteiger partial charge on any atom is -0.497 e. The molecule has 0 aromatic heterocycles. The summed E-state index contributed by atoms with van der Waals surface area (Å²) in [7, 11) is 1.60. The Hall–Kier alpha value is -2.16. The minimum atomic E-state index is -0.171. The fourth-order valence-corrected chi connectivity index (χ4v) is 4.17. The first kappa shape index (κ1) is 22.0. The van der Waals surface area contributed by atoms with Gasteiger partial charge in [-0.1, -0.05) is 6.07 Å². The van der Waals surface area contributed by atoms with Gasteiger partial charge in [0.1, 0.15) is 5.75 Å². The normalized spacial score (nSPS) is 22.2. The second-order valence-electron chi connectivity index (χ2n) is 8.49. The zero-order chi connectivity index (χ0) is 21.6. The average molecular weight is 432 g/mol. The largest absolute Gasteiger partial charge is 0.497 e. The quantitative estimate of drug-likeness (QED) is 0.614. The van der Waals surface area contributed by atoms with E-state index in [9.17, 15) is 9.59 Å². The summed E-state index contributed by atoms with van der Waals surface area (Å²) in [5.74, 6) is 1.07. The molecule has 2 heterocycles. The van der Waals surface area contributed by atoms with Crippen molar-refractivity contribution in [1.29, 1.82) is 0 Å². The number of rotatable bonds is 8. The Labute approximate surface area is 184 Å². The number of nitrogens with zero attached hydrogens (tertiary/aromatic N) is 3. The number of carbonyl (C=O) groups excluding carboxylic acids is 2. The van der Waals surface area contributed by atoms with Crippen molar-refractivity contribution in [2.45, 2.75) is 18.9 Å². The molecule has 0 unspecified atom stereocenters. The molecule has 8 heteroatoms. The molecule has 1 saturated carbocycles. The van der Waals surface area contributed by atoms with E-state index in [-0.39, 0.29) is 23.8 Å². The van der Waals surface area contributed by atoms with Crippen LogP contribution in [0.15, 0.2) is 24.3 Å². The van der Waals surface area contributed by atoms with E-state index in [4.69, 9.17) is 14.2 Å². The molecule has 4 rings (SSSR count). The Morgan fingerprint density at radius 3 is 2.71 bits per heavy atom. The maximum Gasteiger partial charge on any atom is 0.254 e. The molecule has 0 bridgehead atoms. The van der Waals surface area contributed by atoms with Crippen LogP contribution in [0.5, 0.6) is 5.75 Å². The maximum atomic E-state index is 13.4. The lowest BCUT2D eigenvalue weighted by atomic mass is 10.1. The first-order chi connectivity index (χ1) is 15.1. The fourth-order valence-electron chi connectivity index (χ4n) is 4.17. The lowest BCUT2D eigenvalue weighted by Crippen LogP contribution is -2.52. The number of amides is 2. The van der Waals surface area contributed by atoms with Crippen molar-refractivity contribution in [3.8, 4) is 5.75 Å². The van der Waals surface area contributed by atoms with Crippen molar-refractivity contribution in [1.82, 2.24) is 14.7 Å². The first-order valence-electron chi connectivity index (χ1n) is 11.3. The van der Waals surface area contributed by atoms with Crippen molar-refractivity contribution in [2.24, 2.45) is 5.92 Å². The topological polar surface area (TPSA) is 71.6 Å². The van der Waals surface area contributed by atoms with Crippen LogP contribution in [0.25, 0.3) is 0 Å². The van der Waals surface area contributed by atoms with Gasteiger partial charge in [-0.25, -0.2) is 0 Å². The number of methoxy groups -OCH3 is 1. The zero-order valence-corrected chi connectivity index (χ0v) is 18.3. The van der Waals surface area contributed by atoms with Crippen LogP contribution in [0.2, 0.25) is 0 Å². The van der Waals surface area contributed by atoms with Gasteiger partial charge in [-0.05, 0) is 31.0 Å². The van der Waals surface area contributed by atoms with E-state index in [1.807, 2.05) is 28.0 Å². The van der Waals surface area contributed by atoms with Gasteiger partial charge in [-0.3, -0.25) is 14.5 Å². The molecule has 0 N–H and O–H groups in total. The second kappa shape index (κ2) is 10.4. The molecular weight excluding hydrogens is 398 g/mol. The monoisotopic (exact) mass is 431 g/mol. The molecule has 2 aliphatic heterocycles. The number of carbonyl (C=O) groups is 2. The van der Waals surface area contributed by atoms with Gasteiger partial charge in [0.15, 0.2) is 0 Å². The van der Waals surface area contributed by atoms with Crippen LogP contribution < -0.4 is 4.74 Å². The number of morpholine rings is 2. The molecule has 2 saturated heterocycles. The third-order valence-corrected chi connectivity index (χ3v) is 6.19. The molecule has 2 amide bonds. The van der Waals surface area contributed by atoms with Crippen molar-refractivity contribution >= 4 is 11.8 Å². The minimum absolute atomic E-state index is 0.0404. The predicted molar refractivity (Wildman–Crippen MR) is 115 cm³/mol. The van der Waals surface area contributed by atoms with E-state index in [1.54, 1.807) is 13.2 Å². The van der Waals surface area contributed by atoms with E-state index >= 15 is 0 Å². The Morgan fingerprint density at radius 2 is 1.97 bits per heavy atom. The van der Waals surface area contributed by atoms with Crippen LogP contribution in [0.1, 0.15) is 23.2 Å². The highest BCUT2D eigenvalue weighted by Gasteiger charge is 2.36. The van der Waals surface area contributed by atoms with Crippen molar-refractivity contribution in [2.75, 3.05) is 72.7 Å². The van der Waals surface area contributed by atoms with Crippen LogP contribution in [0.4, 0.5) is 0 Å². The fraction of sp³-hybridized carbons (Fsp3) is 0.652. The molecule has 1 aromatic rings. The van der Waals surface area contributed by atoms with Gasteiger partial charge >= 0.3 is 0 Å². The summed E-state index contributed by atoms with van der Waals surface area (Å²) in [6.45, 7) is 6.79. The molecule has 1 aliphatic carbocycles. The summed E-state index contributed by atoms with van der Waals surface area (Å²) >= 11 is 0. The molecule has 0 spiro atoms. The predicted octanol–water partition coefficient (Wildman–Crippen LogP) is 1.11. The highest BCUT2D eigenvalue weighted by Crippen LogP contribution is 2.31. The molecule has 0 radical (unpaired) electrons. The summed E-state index contributed by atoms with van der Waals surface area (Å²) in [6.07, 6.45) is 1.83. The van der Waals surface area contributed by atoms with Gasteiger partial charge in [-0.2, -0.15) is 0 Å². The average Bonchev–Trinajstić information content (AvgIpc) is 3.67. The third kappa shape index (κ3) is 5.96. The van der Waals surface area contributed by atoms with Crippen LogP contribution in [-0.4, -0.2) is 105 Å². The lowest BCUT2D eigenvalue weighted by molar-refractivity contribution is -0.140. The van der Waals surface area contributed by atoms with Gasteiger partial charge in [0.05, 0.1) is 33.0 Å². The SMILES string of the molecule is COc1cccc(C(=O)N(CCN2CCOCC2)C[C@H]2CN(C(=O)C3CC3)CCO2)c1. The number of ether oxygens (including phenoxy) is 3. The van der Waals surface area contributed by atoms with E-state index in [0.717, 1.165) is 45.7 Å². The summed E-state index contributed by atoms with van der Waals surface area (Å²) in [4.78, 5) is 32.0. The van der Waals surface area contributed by atoms with Gasteiger partial charge < -0.3 is 24.0 Å². The third-order valence-electron chi connectivity index (χ3n) is 6.19.